The second-order valence-electron chi connectivity index (χ2n) is 7.93. The molecule has 1 aromatic carbocycles. The van der Waals surface area contributed by atoms with Crippen molar-refractivity contribution in [3.63, 3.8) is 0 Å². The Bertz CT molecular complexity index is 1130. The van der Waals surface area contributed by atoms with E-state index >= 15 is 0 Å². The number of likely N-dealkylation sites (tertiary alicyclic amines) is 1. The van der Waals surface area contributed by atoms with Gasteiger partial charge in [-0.2, -0.15) is 0 Å². The Labute approximate surface area is 178 Å². The summed E-state index contributed by atoms with van der Waals surface area (Å²) in [6, 6.07) is 10.9. The lowest BCUT2D eigenvalue weighted by Crippen LogP contribution is -2.43. The fourth-order valence-corrected chi connectivity index (χ4v) is 4.86. The Hall–Kier alpha value is -2.71. The van der Waals surface area contributed by atoms with Gasteiger partial charge in [0.15, 0.2) is 0 Å². The van der Waals surface area contributed by atoms with Gasteiger partial charge in [0.1, 0.15) is 6.54 Å². The summed E-state index contributed by atoms with van der Waals surface area (Å²) in [5.41, 5.74) is -0.753. The number of nitrogens with zero attached hydrogens (tertiary/aromatic N) is 2. The highest BCUT2D eigenvalue weighted by atomic mass is 32.1. The first-order chi connectivity index (χ1) is 14.5. The number of carbonyl (C=O) groups is 1. The smallest absolute Gasteiger partial charge is 0.273 e. The third-order valence-corrected chi connectivity index (χ3v) is 6.78. The van der Waals surface area contributed by atoms with Crippen LogP contribution in [0.2, 0.25) is 0 Å². The molecule has 0 radical (unpaired) electrons. The highest BCUT2D eigenvalue weighted by Crippen LogP contribution is 2.29. The van der Waals surface area contributed by atoms with E-state index in [9.17, 15) is 14.4 Å². The quantitative estimate of drug-likeness (QED) is 0.633. The van der Waals surface area contributed by atoms with E-state index in [0.29, 0.717) is 17.3 Å². The van der Waals surface area contributed by atoms with Crippen LogP contribution in [0.3, 0.4) is 0 Å². The van der Waals surface area contributed by atoms with Crippen LogP contribution >= 0.6 is 11.3 Å². The number of fused-ring (bicyclic) bond motifs is 1. The van der Waals surface area contributed by atoms with Crippen LogP contribution in [0.1, 0.15) is 30.7 Å². The maximum absolute atomic E-state index is 12.6. The Kier molecular flexibility index (Phi) is 6.15. The first kappa shape index (κ1) is 20.6. The predicted octanol–water partition coefficient (Wildman–Crippen LogP) is 2.34. The SMILES string of the molecule is CC1CCN(C(CNC(=O)Cn2[nH]c(=O)c3ccccc3c2=O)c2cccs2)CC1. The second-order valence-corrected chi connectivity index (χ2v) is 8.91. The number of rotatable bonds is 6. The normalized spacial score (nSPS) is 16.6. The fourth-order valence-electron chi connectivity index (χ4n) is 4.00. The molecular weight excluding hydrogens is 400 g/mol. The van der Waals surface area contributed by atoms with E-state index in [1.807, 2.05) is 6.07 Å². The van der Waals surface area contributed by atoms with E-state index in [1.165, 1.54) is 4.88 Å². The number of nitrogens with one attached hydrogen (secondary N) is 2. The van der Waals surface area contributed by atoms with Crippen LogP contribution in [0, 0.1) is 5.92 Å². The molecule has 158 valence electrons. The molecule has 1 aliphatic rings. The first-order valence-corrected chi connectivity index (χ1v) is 11.2. The molecule has 3 heterocycles. The van der Waals surface area contributed by atoms with Crippen LogP contribution in [0.25, 0.3) is 10.8 Å². The Balaban J connectivity index is 1.47. The summed E-state index contributed by atoms with van der Waals surface area (Å²) in [5.74, 6) is 0.436. The van der Waals surface area contributed by atoms with E-state index in [2.05, 4.69) is 33.7 Å². The summed E-state index contributed by atoms with van der Waals surface area (Å²) in [5, 5.41) is 8.17. The zero-order valence-electron chi connectivity index (χ0n) is 17.0. The van der Waals surface area contributed by atoms with Crippen LogP contribution in [0.4, 0.5) is 0 Å². The standard InChI is InChI=1S/C22H26N4O3S/c1-15-8-10-25(11-9-15)18(19-7-4-12-30-19)13-23-20(27)14-26-22(29)17-6-3-2-5-16(17)21(28)24-26/h2-7,12,15,18H,8-11,13-14H2,1H3,(H,23,27)(H,24,28). The number of amides is 1. The third-order valence-electron chi connectivity index (χ3n) is 5.81. The lowest BCUT2D eigenvalue weighted by Gasteiger charge is -2.36. The number of hydrogen-bond donors (Lipinski definition) is 2. The lowest BCUT2D eigenvalue weighted by atomic mass is 9.97. The molecule has 7 nitrogen and oxygen atoms in total. The molecule has 30 heavy (non-hydrogen) atoms. The second kappa shape index (κ2) is 8.97. The van der Waals surface area contributed by atoms with E-state index in [0.717, 1.165) is 36.5 Å². The van der Waals surface area contributed by atoms with Gasteiger partial charge in [-0.15, -0.1) is 11.3 Å². The van der Waals surface area contributed by atoms with Crippen LogP contribution in [0.5, 0.6) is 0 Å². The monoisotopic (exact) mass is 426 g/mol. The third kappa shape index (κ3) is 4.39. The van der Waals surface area contributed by atoms with E-state index < -0.39 is 0 Å². The first-order valence-electron chi connectivity index (χ1n) is 10.3. The van der Waals surface area contributed by atoms with Gasteiger partial charge in [-0.1, -0.05) is 25.1 Å². The van der Waals surface area contributed by atoms with Crippen LogP contribution in [-0.2, 0) is 11.3 Å². The van der Waals surface area contributed by atoms with Crippen molar-refractivity contribution in [2.75, 3.05) is 19.6 Å². The average Bonchev–Trinajstić information content (AvgIpc) is 3.28. The van der Waals surface area contributed by atoms with Crippen molar-refractivity contribution in [2.45, 2.75) is 32.4 Å². The number of piperidine rings is 1. The van der Waals surface area contributed by atoms with Gasteiger partial charge < -0.3 is 5.32 Å². The van der Waals surface area contributed by atoms with Crippen molar-refractivity contribution in [2.24, 2.45) is 5.92 Å². The highest BCUT2D eigenvalue weighted by molar-refractivity contribution is 7.10. The van der Waals surface area contributed by atoms with Crippen LogP contribution in [-0.4, -0.2) is 40.2 Å². The molecule has 1 fully saturated rings. The predicted molar refractivity (Wildman–Crippen MR) is 119 cm³/mol. The van der Waals surface area contributed by atoms with Gasteiger partial charge in [0, 0.05) is 11.4 Å². The average molecular weight is 427 g/mol. The minimum absolute atomic E-state index is 0.119. The van der Waals surface area contributed by atoms with Crippen LogP contribution in [0.15, 0.2) is 51.4 Å². The topological polar surface area (TPSA) is 87.2 Å². The largest absolute Gasteiger partial charge is 0.353 e. The molecule has 1 unspecified atom stereocenters. The molecule has 0 spiro atoms. The Morgan fingerprint density at radius 3 is 2.60 bits per heavy atom. The minimum Gasteiger partial charge on any atom is -0.353 e. The summed E-state index contributed by atoms with van der Waals surface area (Å²) in [4.78, 5) is 41.1. The summed E-state index contributed by atoms with van der Waals surface area (Å²) in [6.45, 7) is 4.56. The molecule has 0 bridgehead atoms. The molecule has 1 amide bonds. The number of aromatic nitrogens is 2. The van der Waals surface area contributed by atoms with Crippen LogP contribution < -0.4 is 16.4 Å². The zero-order chi connectivity index (χ0) is 21.1. The van der Waals surface area contributed by atoms with Crippen molar-refractivity contribution >= 4 is 28.0 Å². The van der Waals surface area contributed by atoms with E-state index in [-0.39, 0.29) is 29.6 Å². The molecule has 2 aromatic heterocycles. The summed E-state index contributed by atoms with van der Waals surface area (Å²) < 4.78 is 1.09. The Morgan fingerprint density at radius 2 is 1.90 bits per heavy atom. The summed E-state index contributed by atoms with van der Waals surface area (Å²) in [6.07, 6.45) is 2.31. The molecule has 1 atom stereocenters. The highest BCUT2D eigenvalue weighted by Gasteiger charge is 2.25. The van der Waals surface area contributed by atoms with Gasteiger partial charge in [0.2, 0.25) is 5.91 Å². The maximum Gasteiger partial charge on any atom is 0.273 e. The summed E-state index contributed by atoms with van der Waals surface area (Å²) >= 11 is 1.69. The molecule has 8 heteroatoms. The molecule has 2 N–H and O–H groups in total. The molecule has 3 aromatic rings. The zero-order valence-corrected chi connectivity index (χ0v) is 17.8. The van der Waals surface area contributed by atoms with Crippen molar-refractivity contribution < 1.29 is 4.79 Å². The van der Waals surface area contributed by atoms with Crippen molar-refractivity contribution in [3.05, 3.63) is 67.4 Å². The number of H-pyrrole nitrogens is 1. The minimum atomic E-state index is -0.378. The fraction of sp³-hybridized carbons (Fsp3) is 0.409. The van der Waals surface area contributed by atoms with E-state index in [1.54, 1.807) is 35.6 Å². The summed E-state index contributed by atoms with van der Waals surface area (Å²) in [7, 11) is 0. The number of thiophene rings is 1. The van der Waals surface area contributed by atoms with E-state index in [4.69, 9.17) is 0 Å². The van der Waals surface area contributed by atoms with Crippen molar-refractivity contribution in [3.8, 4) is 0 Å². The molecule has 1 aliphatic heterocycles. The molecule has 0 aliphatic carbocycles. The number of hydrogen-bond acceptors (Lipinski definition) is 5. The van der Waals surface area contributed by atoms with Gasteiger partial charge in [-0.25, -0.2) is 4.68 Å². The van der Waals surface area contributed by atoms with Crippen molar-refractivity contribution in [1.29, 1.82) is 0 Å². The molecule has 4 rings (SSSR count). The van der Waals surface area contributed by atoms with Gasteiger partial charge in [-0.05, 0) is 55.4 Å². The molecular formula is C22H26N4O3S. The van der Waals surface area contributed by atoms with Gasteiger partial charge in [0.25, 0.3) is 11.1 Å². The molecule has 1 saturated heterocycles. The van der Waals surface area contributed by atoms with Crippen molar-refractivity contribution in [1.82, 2.24) is 20.0 Å². The number of benzene rings is 1. The Morgan fingerprint density at radius 1 is 1.17 bits per heavy atom. The number of aromatic amines is 1. The maximum atomic E-state index is 12.6. The number of carbonyl (C=O) groups excluding carboxylic acids is 1. The van der Waals surface area contributed by atoms with Gasteiger partial charge in [-0.3, -0.25) is 24.4 Å². The lowest BCUT2D eigenvalue weighted by molar-refractivity contribution is -0.122. The molecule has 0 saturated carbocycles. The van der Waals surface area contributed by atoms with Gasteiger partial charge >= 0.3 is 0 Å². The van der Waals surface area contributed by atoms with Gasteiger partial charge in [0.05, 0.1) is 16.8 Å².